The molecule has 0 saturated carbocycles. The van der Waals surface area contributed by atoms with Crippen molar-refractivity contribution in [3.8, 4) is 0 Å². The lowest BCUT2D eigenvalue weighted by Gasteiger charge is -2.29. The van der Waals surface area contributed by atoms with E-state index in [1.54, 1.807) is 0 Å². The third-order valence-corrected chi connectivity index (χ3v) is 2.45. The smallest absolute Gasteiger partial charge is 0.0107 e. The van der Waals surface area contributed by atoms with Crippen LogP contribution in [0, 0.1) is 0 Å². The molecule has 0 heterocycles. The molecule has 1 atom stereocenters. The fourth-order valence-corrected chi connectivity index (χ4v) is 1.78. The third-order valence-electron chi connectivity index (χ3n) is 2.45. The zero-order valence-electron chi connectivity index (χ0n) is 8.84. The Morgan fingerprint density at radius 2 is 1.67 bits per heavy atom. The van der Waals surface area contributed by atoms with Crippen molar-refractivity contribution in [1.29, 1.82) is 0 Å². The summed E-state index contributed by atoms with van der Waals surface area (Å²) in [5.74, 6) is 0. The van der Waals surface area contributed by atoms with Crippen molar-refractivity contribution in [2.75, 3.05) is 19.6 Å². The largest absolute Gasteiger partial charge is 0.330 e. The Bertz CT molecular complexity index is 83.8. The molecule has 0 aliphatic carbocycles. The molecule has 0 radical (unpaired) electrons. The van der Waals surface area contributed by atoms with E-state index in [-0.39, 0.29) is 0 Å². The van der Waals surface area contributed by atoms with Crippen molar-refractivity contribution in [3.05, 3.63) is 0 Å². The Balaban J connectivity index is 3.86. The minimum atomic E-state index is 0.718. The van der Waals surface area contributed by atoms with E-state index in [1.165, 1.54) is 12.8 Å². The summed E-state index contributed by atoms with van der Waals surface area (Å²) in [5.41, 5.74) is 5.58. The lowest BCUT2D eigenvalue weighted by Crippen LogP contribution is -2.36. The Kier molecular flexibility index (Phi) is 7.51. The van der Waals surface area contributed by atoms with Crippen molar-refractivity contribution in [2.45, 2.75) is 46.1 Å². The van der Waals surface area contributed by atoms with Gasteiger partial charge in [-0.2, -0.15) is 0 Å². The van der Waals surface area contributed by atoms with Gasteiger partial charge >= 0.3 is 0 Å². The number of hydrogen-bond donors (Lipinski definition) is 1. The highest BCUT2D eigenvalue weighted by atomic mass is 15.1. The molecule has 0 saturated heterocycles. The standard InChI is InChI=1S/C10H24N2/c1-4-7-10(8-9-11)12(5-2)6-3/h10H,4-9,11H2,1-3H3. The van der Waals surface area contributed by atoms with E-state index in [4.69, 9.17) is 5.73 Å². The molecule has 0 bridgehead atoms. The lowest BCUT2D eigenvalue weighted by molar-refractivity contribution is 0.197. The van der Waals surface area contributed by atoms with Crippen molar-refractivity contribution in [1.82, 2.24) is 4.90 Å². The maximum absolute atomic E-state index is 5.58. The molecule has 0 amide bonds. The number of nitrogens with zero attached hydrogens (tertiary/aromatic N) is 1. The summed E-state index contributed by atoms with van der Waals surface area (Å²) in [5, 5.41) is 0. The first-order valence-corrected chi connectivity index (χ1v) is 5.24. The van der Waals surface area contributed by atoms with E-state index in [9.17, 15) is 0 Å². The van der Waals surface area contributed by atoms with Gasteiger partial charge in [-0.3, -0.25) is 0 Å². The van der Waals surface area contributed by atoms with Crippen LogP contribution in [-0.2, 0) is 0 Å². The summed E-state index contributed by atoms with van der Waals surface area (Å²) in [4.78, 5) is 2.51. The van der Waals surface area contributed by atoms with E-state index in [0.717, 1.165) is 32.1 Å². The minimum Gasteiger partial charge on any atom is -0.330 e. The van der Waals surface area contributed by atoms with Gasteiger partial charge in [0, 0.05) is 6.04 Å². The topological polar surface area (TPSA) is 29.3 Å². The maximum Gasteiger partial charge on any atom is 0.0107 e. The van der Waals surface area contributed by atoms with Gasteiger partial charge in [0.2, 0.25) is 0 Å². The second kappa shape index (κ2) is 7.56. The van der Waals surface area contributed by atoms with Crippen LogP contribution in [0.1, 0.15) is 40.0 Å². The molecule has 0 aliphatic rings. The van der Waals surface area contributed by atoms with Crippen LogP contribution >= 0.6 is 0 Å². The van der Waals surface area contributed by atoms with E-state index in [0.29, 0.717) is 0 Å². The molecule has 0 fully saturated rings. The molecule has 2 nitrogen and oxygen atoms in total. The van der Waals surface area contributed by atoms with Gasteiger partial charge in [-0.1, -0.05) is 27.2 Å². The molecular formula is C10H24N2. The zero-order valence-corrected chi connectivity index (χ0v) is 8.84. The summed E-state index contributed by atoms with van der Waals surface area (Å²) in [6.07, 6.45) is 3.70. The molecule has 0 aromatic heterocycles. The first-order chi connectivity index (χ1) is 5.79. The Morgan fingerprint density at radius 1 is 1.08 bits per heavy atom. The average molecular weight is 172 g/mol. The Labute approximate surface area is 77.1 Å². The van der Waals surface area contributed by atoms with Gasteiger partial charge in [0.25, 0.3) is 0 Å². The molecule has 74 valence electrons. The van der Waals surface area contributed by atoms with E-state index < -0.39 is 0 Å². The van der Waals surface area contributed by atoms with Gasteiger partial charge in [-0.25, -0.2) is 0 Å². The van der Waals surface area contributed by atoms with Crippen molar-refractivity contribution < 1.29 is 0 Å². The predicted octanol–water partition coefficient (Wildman–Crippen LogP) is 1.85. The van der Waals surface area contributed by atoms with Crippen LogP contribution in [0.3, 0.4) is 0 Å². The molecule has 0 aliphatic heterocycles. The summed E-state index contributed by atoms with van der Waals surface area (Å²) in [6, 6.07) is 0.718. The number of hydrogen-bond acceptors (Lipinski definition) is 2. The van der Waals surface area contributed by atoms with Crippen LogP contribution < -0.4 is 5.73 Å². The highest BCUT2D eigenvalue weighted by Crippen LogP contribution is 2.09. The molecule has 2 N–H and O–H groups in total. The Hall–Kier alpha value is -0.0800. The van der Waals surface area contributed by atoms with Gasteiger partial charge < -0.3 is 10.6 Å². The zero-order chi connectivity index (χ0) is 9.40. The molecule has 0 aromatic rings. The van der Waals surface area contributed by atoms with Crippen molar-refractivity contribution in [3.63, 3.8) is 0 Å². The fourth-order valence-electron chi connectivity index (χ4n) is 1.78. The second-order valence-corrected chi connectivity index (χ2v) is 3.24. The molecule has 0 spiro atoms. The SMILES string of the molecule is CCCC(CCN)N(CC)CC. The van der Waals surface area contributed by atoms with Crippen LogP contribution in [0.4, 0.5) is 0 Å². The van der Waals surface area contributed by atoms with Gasteiger partial charge in [0.05, 0.1) is 0 Å². The van der Waals surface area contributed by atoms with Gasteiger partial charge in [0.15, 0.2) is 0 Å². The van der Waals surface area contributed by atoms with E-state index in [2.05, 4.69) is 25.7 Å². The van der Waals surface area contributed by atoms with Crippen LogP contribution in [0.5, 0.6) is 0 Å². The van der Waals surface area contributed by atoms with Crippen LogP contribution in [0.15, 0.2) is 0 Å². The molecule has 12 heavy (non-hydrogen) atoms. The maximum atomic E-state index is 5.58. The van der Waals surface area contributed by atoms with E-state index in [1.807, 2.05) is 0 Å². The minimum absolute atomic E-state index is 0.718. The fraction of sp³-hybridized carbons (Fsp3) is 1.00. The van der Waals surface area contributed by atoms with E-state index >= 15 is 0 Å². The monoisotopic (exact) mass is 172 g/mol. The first-order valence-electron chi connectivity index (χ1n) is 5.24. The quantitative estimate of drug-likeness (QED) is 0.635. The molecular weight excluding hydrogens is 148 g/mol. The average Bonchev–Trinajstić information content (AvgIpc) is 2.07. The molecule has 0 aromatic carbocycles. The van der Waals surface area contributed by atoms with Gasteiger partial charge in [0.1, 0.15) is 0 Å². The normalized spacial score (nSPS) is 13.8. The van der Waals surface area contributed by atoms with Gasteiger partial charge in [-0.05, 0) is 32.5 Å². The van der Waals surface area contributed by atoms with Crippen LogP contribution in [-0.4, -0.2) is 30.6 Å². The summed E-state index contributed by atoms with van der Waals surface area (Å²) in [6.45, 7) is 9.82. The predicted molar refractivity (Wildman–Crippen MR) is 55.3 cm³/mol. The van der Waals surface area contributed by atoms with Crippen molar-refractivity contribution >= 4 is 0 Å². The lowest BCUT2D eigenvalue weighted by atomic mass is 10.1. The summed E-state index contributed by atoms with van der Waals surface area (Å²) in [7, 11) is 0. The van der Waals surface area contributed by atoms with Crippen LogP contribution in [0.2, 0.25) is 0 Å². The van der Waals surface area contributed by atoms with Crippen LogP contribution in [0.25, 0.3) is 0 Å². The van der Waals surface area contributed by atoms with Crippen molar-refractivity contribution in [2.24, 2.45) is 5.73 Å². The highest BCUT2D eigenvalue weighted by molar-refractivity contribution is 4.69. The highest BCUT2D eigenvalue weighted by Gasteiger charge is 2.12. The Morgan fingerprint density at radius 3 is 2.00 bits per heavy atom. The number of rotatable bonds is 7. The first kappa shape index (κ1) is 11.9. The molecule has 2 heteroatoms. The molecule has 1 unspecified atom stereocenters. The van der Waals surface area contributed by atoms with Gasteiger partial charge in [-0.15, -0.1) is 0 Å². The summed E-state index contributed by atoms with van der Waals surface area (Å²) >= 11 is 0. The molecule has 0 rings (SSSR count). The number of nitrogens with two attached hydrogens (primary N) is 1. The second-order valence-electron chi connectivity index (χ2n) is 3.24. The summed E-state index contributed by atoms with van der Waals surface area (Å²) < 4.78 is 0. The third kappa shape index (κ3) is 4.07.